The number of alkyl halides is 1. The summed E-state index contributed by atoms with van der Waals surface area (Å²) in [4.78, 5) is 33.5. The van der Waals surface area contributed by atoms with Crippen LogP contribution in [0.3, 0.4) is 0 Å². The Labute approximate surface area is 86.4 Å². The smallest absolute Gasteiger partial charge is 0.324 e. The Hall–Kier alpha value is -1.30. The monoisotopic (exact) mass is 221 g/mol. The molecule has 14 heavy (non-hydrogen) atoms. The molecule has 4 amide bonds. The lowest BCUT2D eigenvalue weighted by Gasteiger charge is -2.15. The van der Waals surface area contributed by atoms with Gasteiger partial charge in [-0.1, -0.05) is 0 Å². The van der Waals surface area contributed by atoms with E-state index in [1.807, 2.05) is 5.32 Å². The molecule has 7 heteroatoms. The summed E-state index contributed by atoms with van der Waals surface area (Å²) in [5, 5.41) is 1.19. The maximum Gasteiger partial charge on any atom is 0.324 e. The Kier molecular flexibility index (Phi) is 4.93. The minimum absolute atomic E-state index is 0.254. The predicted molar refractivity (Wildman–Crippen MR) is 50.7 cm³/mol. The molecule has 0 fully saturated rings. The molecule has 0 aliphatic rings. The van der Waals surface area contributed by atoms with E-state index in [0.717, 1.165) is 4.90 Å². The number of nitrogens with zero attached hydrogens (tertiary/aromatic N) is 1. The van der Waals surface area contributed by atoms with Gasteiger partial charge in [-0.15, -0.1) is 11.6 Å². The quantitative estimate of drug-likeness (QED) is 0.616. The van der Waals surface area contributed by atoms with Crippen molar-refractivity contribution in [2.75, 3.05) is 13.6 Å². The molecule has 1 unspecified atom stereocenters. The summed E-state index contributed by atoms with van der Waals surface area (Å²) in [5.41, 5.74) is 4.85. The van der Waals surface area contributed by atoms with E-state index in [-0.39, 0.29) is 6.54 Å². The number of nitrogens with two attached hydrogens (primary N) is 1. The largest absolute Gasteiger partial charge is 0.368 e. The molecule has 0 saturated carbocycles. The number of halogens is 1. The highest BCUT2D eigenvalue weighted by molar-refractivity contribution is 6.31. The molecule has 0 aromatic rings. The van der Waals surface area contributed by atoms with Crippen LogP contribution in [-0.4, -0.2) is 41.7 Å². The van der Waals surface area contributed by atoms with Crippen LogP contribution in [0.15, 0.2) is 0 Å². The summed E-state index contributed by atoms with van der Waals surface area (Å²) in [6, 6.07) is -0.707. The lowest BCUT2D eigenvalue weighted by molar-refractivity contribution is -0.121. The van der Waals surface area contributed by atoms with E-state index < -0.39 is 23.2 Å². The average Bonchev–Trinajstić information content (AvgIpc) is 2.02. The van der Waals surface area contributed by atoms with Crippen molar-refractivity contribution in [1.82, 2.24) is 10.2 Å². The molecular formula is C7H12ClN3O3. The fraction of sp³-hybridized carbons (Fsp3) is 0.571. The van der Waals surface area contributed by atoms with Crippen molar-refractivity contribution >= 4 is 29.4 Å². The van der Waals surface area contributed by atoms with E-state index >= 15 is 0 Å². The summed E-state index contributed by atoms with van der Waals surface area (Å²) in [6.07, 6.45) is 0. The van der Waals surface area contributed by atoms with Gasteiger partial charge in [-0.3, -0.25) is 14.9 Å². The van der Waals surface area contributed by atoms with Gasteiger partial charge in [0.2, 0.25) is 11.8 Å². The van der Waals surface area contributed by atoms with Crippen LogP contribution in [-0.2, 0) is 9.59 Å². The van der Waals surface area contributed by atoms with Crippen LogP contribution < -0.4 is 11.1 Å². The summed E-state index contributed by atoms with van der Waals surface area (Å²) >= 11 is 5.41. The van der Waals surface area contributed by atoms with Crippen molar-refractivity contribution in [3.8, 4) is 0 Å². The molecular weight excluding hydrogens is 210 g/mol. The van der Waals surface area contributed by atoms with Gasteiger partial charge in [-0.25, -0.2) is 4.79 Å². The molecule has 0 aromatic carbocycles. The number of nitrogens with one attached hydrogen (secondary N) is 1. The number of carbonyl (C=O) groups is 3. The lowest BCUT2D eigenvalue weighted by atomic mass is 10.4. The van der Waals surface area contributed by atoms with Crippen LogP contribution >= 0.6 is 11.6 Å². The first kappa shape index (κ1) is 12.7. The zero-order valence-electron chi connectivity index (χ0n) is 7.91. The molecule has 0 aliphatic carbocycles. The Morgan fingerprint density at radius 3 is 2.36 bits per heavy atom. The third-order valence-corrected chi connectivity index (χ3v) is 1.53. The van der Waals surface area contributed by atoms with Crippen LogP contribution in [0.25, 0.3) is 0 Å². The van der Waals surface area contributed by atoms with Gasteiger partial charge in [0.1, 0.15) is 11.9 Å². The second-order valence-electron chi connectivity index (χ2n) is 2.73. The van der Waals surface area contributed by atoms with Gasteiger partial charge >= 0.3 is 6.03 Å². The topological polar surface area (TPSA) is 92.5 Å². The zero-order chi connectivity index (χ0) is 11.3. The number of imide groups is 1. The molecule has 0 aliphatic heterocycles. The average molecular weight is 222 g/mol. The molecule has 0 bridgehead atoms. The molecule has 0 aromatic heterocycles. The molecule has 1 atom stereocenters. The standard InChI is InChI=1S/C7H12ClN3O3/c1-4(8)6(13)10-7(14)11(2)3-5(9)12/h4H,3H2,1-2H3,(H2,9,12)(H,10,13,14). The van der Waals surface area contributed by atoms with Crippen LogP contribution in [0.1, 0.15) is 6.92 Å². The second-order valence-corrected chi connectivity index (χ2v) is 3.39. The fourth-order valence-electron chi connectivity index (χ4n) is 0.606. The van der Waals surface area contributed by atoms with Gasteiger partial charge in [0.25, 0.3) is 0 Å². The van der Waals surface area contributed by atoms with E-state index in [0.29, 0.717) is 0 Å². The lowest BCUT2D eigenvalue weighted by Crippen LogP contribution is -2.45. The summed E-state index contributed by atoms with van der Waals surface area (Å²) in [6.45, 7) is 1.17. The molecule has 6 nitrogen and oxygen atoms in total. The highest BCUT2D eigenvalue weighted by Crippen LogP contribution is 1.93. The molecule has 3 N–H and O–H groups in total. The Morgan fingerprint density at radius 1 is 1.50 bits per heavy atom. The normalized spacial score (nSPS) is 11.6. The van der Waals surface area contributed by atoms with Crippen LogP contribution in [0.5, 0.6) is 0 Å². The highest BCUT2D eigenvalue weighted by atomic mass is 35.5. The van der Waals surface area contributed by atoms with Crippen LogP contribution in [0.2, 0.25) is 0 Å². The minimum Gasteiger partial charge on any atom is -0.368 e. The van der Waals surface area contributed by atoms with E-state index in [1.54, 1.807) is 0 Å². The number of primary amides is 1. The Morgan fingerprint density at radius 2 is 2.00 bits per heavy atom. The van der Waals surface area contributed by atoms with Gasteiger partial charge < -0.3 is 10.6 Å². The molecule has 0 rings (SSSR count). The first-order valence-corrected chi connectivity index (χ1v) is 4.26. The van der Waals surface area contributed by atoms with Gasteiger partial charge in [0.05, 0.1) is 0 Å². The maximum absolute atomic E-state index is 11.1. The van der Waals surface area contributed by atoms with Crippen LogP contribution in [0.4, 0.5) is 4.79 Å². The number of urea groups is 1. The summed E-state index contributed by atoms with van der Waals surface area (Å²) < 4.78 is 0. The van der Waals surface area contributed by atoms with Crippen molar-refractivity contribution in [3.05, 3.63) is 0 Å². The number of rotatable bonds is 3. The maximum atomic E-state index is 11.1. The van der Waals surface area contributed by atoms with Crippen molar-refractivity contribution < 1.29 is 14.4 Å². The summed E-state index contributed by atoms with van der Waals surface area (Å²) in [5.74, 6) is -1.28. The number of hydrogen-bond donors (Lipinski definition) is 2. The molecule has 80 valence electrons. The first-order valence-electron chi connectivity index (χ1n) is 3.83. The van der Waals surface area contributed by atoms with E-state index in [4.69, 9.17) is 17.3 Å². The molecule has 0 spiro atoms. The summed E-state index contributed by atoms with van der Waals surface area (Å²) in [7, 11) is 1.34. The molecule has 0 radical (unpaired) electrons. The fourth-order valence-corrected chi connectivity index (χ4v) is 0.660. The number of likely N-dealkylation sites (N-methyl/N-ethyl adjacent to an activating group) is 1. The zero-order valence-corrected chi connectivity index (χ0v) is 8.67. The highest BCUT2D eigenvalue weighted by Gasteiger charge is 2.16. The van der Waals surface area contributed by atoms with Crippen molar-refractivity contribution in [2.45, 2.75) is 12.3 Å². The third kappa shape index (κ3) is 4.66. The van der Waals surface area contributed by atoms with Gasteiger partial charge in [-0.2, -0.15) is 0 Å². The van der Waals surface area contributed by atoms with Crippen molar-refractivity contribution in [3.63, 3.8) is 0 Å². The minimum atomic E-state index is -0.805. The van der Waals surface area contributed by atoms with Gasteiger partial charge in [-0.05, 0) is 6.92 Å². The van der Waals surface area contributed by atoms with Gasteiger partial charge in [0.15, 0.2) is 0 Å². The Balaban J connectivity index is 4.08. The Bertz CT molecular complexity index is 255. The van der Waals surface area contributed by atoms with E-state index in [2.05, 4.69) is 0 Å². The number of hydrogen-bond acceptors (Lipinski definition) is 3. The van der Waals surface area contributed by atoms with Gasteiger partial charge in [0, 0.05) is 7.05 Å². The molecule has 0 saturated heterocycles. The van der Waals surface area contributed by atoms with Crippen LogP contribution in [0, 0.1) is 0 Å². The predicted octanol–water partition coefficient (Wildman–Crippen LogP) is -0.733. The first-order chi connectivity index (χ1) is 6.34. The van der Waals surface area contributed by atoms with Crippen molar-refractivity contribution in [1.29, 1.82) is 0 Å². The SMILES string of the molecule is CC(Cl)C(=O)NC(=O)N(C)CC(N)=O. The number of carbonyl (C=O) groups excluding carboxylic acids is 3. The van der Waals surface area contributed by atoms with Crippen molar-refractivity contribution in [2.24, 2.45) is 5.73 Å². The third-order valence-electron chi connectivity index (χ3n) is 1.33. The number of amides is 4. The van der Waals surface area contributed by atoms with E-state index in [1.165, 1.54) is 14.0 Å². The molecule has 0 heterocycles. The second kappa shape index (κ2) is 5.43. The van der Waals surface area contributed by atoms with E-state index in [9.17, 15) is 14.4 Å².